The Morgan fingerprint density at radius 1 is 1.19 bits per heavy atom. The van der Waals surface area contributed by atoms with Crippen molar-refractivity contribution in [2.24, 2.45) is 0 Å². The van der Waals surface area contributed by atoms with Gasteiger partial charge >= 0.3 is 5.97 Å². The molecule has 1 atom stereocenters. The Balaban J connectivity index is 2.07. The van der Waals surface area contributed by atoms with E-state index in [2.05, 4.69) is 5.32 Å². The van der Waals surface area contributed by atoms with Crippen LogP contribution in [0.5, 0.6) is 0 Å². The number of rotatable bonds is 5. The molecule has 0 aliphatic carbocycles. The molecule has 0 amide bonds. The lowest BCUT2D eigenvalue weighted by atomic mass is 10.1. The molecule has 0 bridgehead atoms. The predicted octanol–water partition coefficient (Wildman–Crippen LogP) is 3.66. The average Bonchev–Trinajstić information content (AvgIpc) is 2.49. The highest BCUT2D eigenvalue weighted by atomic mass is 19.1. The van der Waals surface area contributed by atoms with Crippen molar-refractivity contribution >= 4 is 11.7 Å². The number of esters is 1. The molecule has 0 aliphatic rings. The highest BCUT2D eigenvalue weighted by Gasteiger charge is 2.13. The van der Waals surface area contributed by atoms with E-state index in [1.54, 1.807) is 24.3 Å². The molecule has 0 saturated heterocycles. The molecular weight excluding hydrogens is 269 g/mol. The van der Waals surface area contributed by atoms with Crippen molar-refractivity contribution in [3.8, 4) is 0 Å². The van der Waals surface area contributed by atoms with Gasteiger partial charge in [-0.15, -0.1) is 0 Å². The summed E-state index contributed by atoms with van der Waals surface area (Å²) >= 11 is 0. The van der Waals surface area contributed by atoms with E-state index in [0.29, 0.717) is 5.56 Å². The van der Waals surface area contributed by atoms with Gasteiger partial charge in [0.1, 0.15) is 5.82 Å². The number of halogens is 1. The normalized spacial score (nSPS) is 11.8. The maximum absolute atomic E-state index is 12.9. The van der Waals surface area contributed by atoms with Crippen LogP contribution in [0, 0.1) is 5.82 Å². The maximum atomic E-state index is 12.9. The number of benzene rings is 2. The first-order valence-electron chi connectivity index (χ1n) is 6.78. The summed E-state index contributed by atoms with van der Waals surface area (Å²) in [5, 5.41) is 3.29. The molecule has 3 nitrogen and oxygen atoms in total. The summed E-state index contributed by atoms with van der Waals surface area (Å²) in [6.07, 6.45) is 0.732. The second-order valence-corrected chi connectivity index (χ2v) is 4.91. The number of anilines is 1. The Hall–Kier alpha value is -2.36. The van der Waals surface area contributed by atoms with E-state index in [1.165, 1.54) is 19.2 Å². The number of methoxy groups -OCH3 is 1. The standard InChI is InChI=1S/C17H18FNO2/c1-12(11-13-7-9-14(18)10-8-13)19-16-6-4-3-5-15(16)17(20)21-2/h3-10,12,19H,11H2,1-2H3. The minimum Gasteiger partial charge on any atom is -0.465 e. The third-order valence-corrected chi connectivity index (χ3v) is 3.19. The lowest BCUT2D eigenvalue weighted by molar-refractivity contribution is 0.0602. The summed E-state index contributed by atoms with van der Waals surface area (Å²) in [5.41, 5.74) is 2.27. The fourth-order valence-electron chi connectivity index (χ4n) is 2.19. The third-order valence-electron chi connectivity index (χ3n) is 3.19. The molecule has 0 heterocycles. The van der Waals surface area contributed by atoms with Crippen molar-refractivity contribution in [1.29, 1.82) is 0 Å². The molecular formula is C17H18FNO2. The fraction of sp³-hybridized carbons (Fsp3) is 0.235. The second-order valence-electron chi connectivity index (χ2n) is 4.91. The number of nitrogens with one attached hydrogen (secondary N) is 1. The fourth-order valence-corrected chi connectivity index (χ4v) is 2.19. The summed E-state index contributed by atoms with van der Waals surface area (Å²) in [7, 11) is 1.36. The van der Waals surface area contributed by atoms with Crippen LogP contribution in [0.2, 0.25) is 0 Å². The molecule has 21 heavy (non-hydrogen) atoms. The van der Waals surface area contributed by atoms with Crippen molar-refractivity contribution in [2.75, 3.05) is 12.4 Å². The van der Waals surface area contributed by atoms with Crippen LogP contribution < -0.4 is 5.32 Å². The van der Waals surface area contributed by atoms with Crippen molar-refractivity contribution in [3.05, 3.63) is 65.5 Å². The molecule has 2 aromatic rings. The molecule has 0 radical (unpaired) electrons. The molecule has 0 aromatic heterocycles. The van der Waals surface area contributed by atoms with Crippen molar-refractivity contribution in [3.63, 3.8) is 0 Å². The predicted molar refractivity (Wildman–Crippen MR) is 81.0 cm³/mol. The van der Waals surface area contributed by atoms with Crippen molar-refractivity contribution in [1.82, 2.24) is 0 Å². The highest BCUT2D eigenvalue weighted by molar-refractivity contribution is 5.95. The van der Waals surface area contributed by atoms with Gasteiger partial charge in [-0.1, -0.05) is 24.3 Å². The molecule has 0 aliphatic heterocycles. The van der Waals surface area contributed by atoms with Crippen molar-refractivity contribution in [2.45, 2.75) is 19.4 Å². The Morgan fingerprint density at radius 3 is 2.52 bits per heavy atom. The summed E-state index contributed by atoms with van der Waals surface area (Å²) in [5.74, 6) is -0.609. The van der Waals surface area contributed by atoms with Gasteiger partial charge < -0.3 is 10.1 Å². The number of hydrogen-bond acceptors (Lipinski definition) is 3. The Bertz CT molecular complexity index is 610. The molecule has 2 rings (SSSR count). The number of carbonyl (C=O) groups is 1. The Labute approximate surface area is 123 Å². The zero-order valence-corrected chi connectivity index (χ0v) is 12.1. The Kier molecular flexibility index (Phi) is 4.93. The molecule has 4 heteroatoms. The topological polar surface area (TPSA) is 38.3 Å². The summed E-state index contributed by atoms with van der Waals surface area (Å²) < 4.78 is 17.7. The number of carbonyl (C=O) groups excluding carboxylic acids is 1. The molecule has 1 N–H and O–H groups in total. The monoisotopic (exact) mass is 287 g/mol. The van der Waals surface area contributed by atoms with Crippen molar-refractivity contribution < 1.29 is 13.9 Å². The Morgan fingerprint density at radius 2 is 1.86 bits per heavy atom. The van der Waals surface area contributed by atoms with Crippen LogP contribution in [0.3, 0.4) is 0 Å². The van der Waals surface area contributed by atoms with Gasteiger partial charge in [0, 0.05) is 11.7 Å². The smallest absolute Gasteiger partial charge is 0.339 e. The largest absolute Gasteiger partial charge is 0.465 e. The second kappa shape index (κ2) is 6.88. The van der Waals surface area contributed by atoms with Gasteiger partial charge in [0.15, 0.2) is 0 Å². The van der Waals surface area contributed by atoms with Gasteiger partial charge in [-0.25, -0.2) is 9.18 Å². The van der Waals surface area contributed by atoms with Crippen LogP contribution in [-0.4, -0.2) is 19.1 Å². The van der Waals surface area contributed by atoms with Gasteiger partial charge in [0.2, 0.25) is 0 Å². The summed E-state index contributed by atoms with van der Waals surface area (Å²) in [4.78, 5) is 11.7. The first-order valence-corrected chi connectivity index (χ1v) is 6.78. The van der Waals surface area contributed by atoms with Crippen LogP contribution in [0.4, 0.5) is 10.1 Å². The van der Waals surface area contributed by atoms with E-state index in [9.17, 15) is 9.18 Å². The lowest BCUT2D eigenvalue weighted by Gasteiger charge is -2.17. The number of hydrogen-bond donors (Lipinski definition) is 1. The molecule has 2 aromatic carbocycles. The van der Waals surface area contributed by atoms with Crippen LogP contribution >= 0.6 is 0 Å². The summed E-state index contributed by atoms with van der Waals surface area (Å²) in [6.45, 7) is 2.01. The lowest BCUT2D eigenvalue weighted by Crippen LogP contribution is -2.20. The van der Waals surface area contributed by atoms with Gasteiger partial charge in [-0.05, 0) is 43.2 Å². The van der Waals surface area contributed by atoms with Gasteiger partial charge in [0.25, 0.3) is 0 Å². The van der Waals surface area contributed by atoms with Gasteiger partial charge in [-0.2, -0.15) is 0 Å². The third kappa shape index (κ3) is 4.05. The summed E-state index contributed by atoms with van der Waals surface area (Å²) in [6, 6.07) is 13.7. The van der Waals surface area contributed by atoms with Crippen LogP contribution in [0.1, 0.15) is 22.8 Å². The number of ether oxygens (including phenoxy) is 1. The quantitative estimate of drug-likeness (QED) is 0.853. The molecule has 1 unspecified atom stereocenters. The zero-order chi connectivity index (χ0) is 15.2. The van der Waals surface area contributed by atoms with Gasteiger partial charge in [-0.3, -0.25) is 0 Å². The van der Waals surface area contributed by atoms with Crippen LogP contribution in [-0.2, 0) is 11.2 Å². The first kappa shape index (κ1) is 15.0. The minimum atomic E-state index is -0.368. The van der Waals surface area contributed by atoms with Gasteiger partial charge in [0.05, 0.1) is 12.7 Å². The zero-order valence-electron chi connectivity index (χ0n) is 12.1. The molecule has 0 saturated carbocycles. The van der Waals surface area contributed by atoms with E-state index < -0.39 is 0 Å². The van der Waals surface area contributed by atoms with E-state index in [0.717, 1.165) is 17.7 Å². The van der Waals surface area contributed by atoms with E-state index >= 15 is 0 Å². The molecule has 0 fully saturated rings. The highest BCUT2D eigenvalue weighted by Crippen LogP contribution is 2.18. The van der Waals surface area contributed by atoms with Crippen LogP contribution in [0.25, 0.3) is 0 Å². The van der Waals surface area contributed by atoms with E-state index in [-0.39, 0.29) is 17.8 Å². The van der Waals surface area contributed by atoms with Crippen LogP contribution in [0.15, 0.2) is 48.5 Å². The van der Waals surface area contributed by atoms with E-state index in [1.807, 2.05) is 19.1 Å². The van der Waals surface area contributed by atoms with E-state index in [4.69, 9.17) is 4.74 Å². The molecule has 110 valence electrons. The average molecular weight is 287 g/mol. The first-order chi connectivity index (χ1) is 10.1. The minimum absolute atomic E-state index is 0.0984. The number of para-hydroxylation sites is 1. The maximum Gasteiger partial charge on any atom is 0.339 e. The molecule has 0 spiro atoms. The SMILES string of the molecule is COC(=O)c1ccccc1NC(C)Cc1ccc(F)cc1.